The minimum absolute atomic E-state index is 0.0719. The van der Waals surface area contributed by atoms with Gasteiger partial charge in [0.1, 0.15) is 6.61 Å². The van der Waals surface area contributed by atoms with Crippen molar-refractivity contribution in [1.29, 1.82) is 0 Å². The number of ether oxygens (including phenoxy) is 2. The van der Waals surface area contributed by atoms with Crippen LogP contribution in [-0.2, 0) is 19.1 Å². The van der Waals surface area contributed by atoms with E-state index < -0.39 is 6.10 Å². The maximum Gasteiger partial charge on any atom is 0.306 e. The first-order chi connectivity index (χ1) is 10.1. The largest absolute Gasteiger partial charge is 0.462 e. The molecule has 0 saturated heterocycles. The van der Waals surface area contributed by atoms with Crippen molar-refractivity contribution in [3.05, 3.63) is 0 Å². The smallest absolute Gasteiger partial charge is 0.306 e. The average molecular weight is 302 g/mol. The number of carbonyl (C=O) groups is 2. The second kappa shape index (κ2) is 13.9. The monoisotopic (exact) mass is 302 g/mol. The average Bonchev–Trinajstić information content (AvgIpc) is 2.47. The van der Waals surface area contributed by atoms with Gasteiger partial charge < -0.3 is 14.6 Å². The van der Waals surface area contributed by atoms with Gasteiger partial charge >= 0.3 is 11.9 Å². The van der Waals surface area contributed by atoms with Gasteiger partial charge in [-0.3, -0.25) is 9.59 Å². The summed E-state index contributed by atoms with van der Waals surface area (Å²) in [5, 5.41) is 9.12. The molecule has 0 aromatic carbocycles. The lowest BCUT2D eigenvalue weighted by Gasteiger charge is -2.15. The van der Waals surface area contributed by atoms with Crippen molar-refractivity contribution in [2.24, 2.45) is 0 Å². The molecule has 5 nitrogen and oxygen atoms in total. The fourth-order valence-corrected chi connectivity index (χ4v) is 1.88. The van der Waals surface area contributed by atoms with Crippen LogP contribution in [0.1, 0.15) is 71.6 Å². The maximum absolute atomic E-state index is 11.6. The first-order valence-electron chi connectivity index (χ1n) is 8.09. The molecule has 0 aliphatic carbocycles. The summed E-state index contributed by atoms with van der Waals surface area (Å²) in [6.07, 6.45) is 7.25. The summed E-state index contributed by atoms with van der Waals surface area (Å²) in [5.41, 5.74) is 0. The molecular weight excluding hydrogens is 272 g/mol. The Morgan fingerprint density at radius 2 is 1.57 bits per heavy atom. The lowest BCUT2D eigenvalue weighted by Crippen LogP contribution is -2.28. The first kappa shape index (κ1) is 19.9. The van der Waals surface area contributed by atoms with Crippen LogP contribution in [0.25, 0.3) is 0 Å². The molecule has 0 rings (SSSR count). The predicted octanol–water partition coefficient (Wildman–Crippen LogP) is 2.98. The first-order valence-corrected chi connectivity index (χ1v) is 8.09. The minimum atomic E-state index is -0.751. The summed E-state index contributed by atoms with van der Waals surface area (Å²) in [7, 11) is 0. The summed E-state index contributed by atoms with van der Waals surface area (Å²) < 4.78 is 10.0. The topological polar surface area (TPSA) is 72.8 Å². The van der Waals surface area contributed by atoms with Gasteiger partial charge in [-0.05, 0) is 12.8 Å². The van der Waals surface area contributed by atoms with Crippen molar-refractivity contribution < 1.29 is 24.2 Å². The van der Waals surface area contributed by atoms with E-state index in [0.717, 1.165) is 19.3 Å². The van der Waals surface area contributed by atoms with Crippen LogP contribution in [0, 0.1) is 0 Å². The van der Waals surface area contributed by atoms with Crippen molar-refractivity contribution in [3.8, 4) is 0 Å². The quantitative estimate of drug-likeness (QED) is 0.418. The summed E-state index contributed by atoms with van der Waals surface area (Å²) in [6.45, 7) is 3.64. The van der Waals surface area contributed by atoms with E-state index in [2.05, 4.69) is 6.92 Å². The molecule has 5 heteroatoms. The van der Waals surface area contributed by atoms with E-state index in [9.17, 15) is 9.59 Å². The van der Waals surface area contributed by atoms with Gasteiger partial charge in [-0.2, -0.15) is 0 Å². The van der Waals surface area contributed by atoms with Crippen molar-refractivity contribution in [3.63, 3.8) is 0 Å². The number of rotatable bonds is 13. The zero-order chi connectivity index (χ0) is 15.9. The van der Waals surface area contributed by atoms with Gasteiger partial charge in [0.05, 0.1) is 6.61 Å². The van der Waals surface area contributed by atoms with Gasteiger partial charge in [-0.1, -0.05) is 46.0 Å². The summed E-state index contributed by atoms with van der Waals surface area (Å²) >= 11 is 0. The van der Waals surface area contributed by atoms with Crippen molar-refractivity contribution in [2.75, 3.05) is 13.2 Å². The molecule has 124 valence electrons. The molecule has 0 spiro atoms. The molecule has 21 heavy (non-hydrogen) atoms. The van der Waals surface area contributed by atoms with E-state index in [4.69, 9.17) is 14.6 Å². The van der Waals surface area contributed by atoms with Gasteiger partial charge in [-0.15, -0.1) is 0 Å². The van der Waals surface area contributed by atoms with E-state index in [0.29, 0.717) is 19.3 Å². The SMILES string of the molecule is CCCCCCCCC(=O)OC(CO)COC(=O)CCC. The Kier molecular flexibility index (Phi) is 13.1. The van der Waals surface area contributed by atoms with Crippen LogP contribution >= 0.6 is 0 Å². The zero-order valence-electron chi connectivity index (χ0n) is 13.4. The third-order valence-electron chi connectivity index (χ3n) is 3.12. The fraction of sp³-hybridized carbons (Fsp3) is 0.875. The van der Waals surface area contributed by atoms with Crippen LogP contribution in [0.15, 0.2) is 0 Å². The van der Waals surface area contributed by atoms with Gasteiger partial charge in [0.25, 0.3) is 0 Å². The number of esters is 2. The molecule has 0 amide bonds. The number of aliphatic hydroxyl groups is 1. The van der Waals surface area contributed by atoms with Crippen LogP contribution < -0.4 is 0 Å². The van der Waals surface area contributed by atoms with E-state index in [-0.39, 0.29) is 25.2 Å². The summed E-state index contributed by atoms with van der Waals surface area (Å²) in [5.74, 6) is -0.668. The second-order valence-electron chi connectivity index (χ2n) is 5.25. The van der Waals surface area contributed by atoms with Gasteiger partial charge in [0.2, 0.25) is 0 Å². The zero-order valence-corrected chi connectivity index (χ0v) is 13.4. The molecule has 1 atom stereocenters. The van der Waals surface area contributed by atoms with Gasteiger partial charge in [-0.25, -0.2) is 0 Å². The molecule has 0 aromatic rings. The normalized spacial score (nSPS) is 12.0. The lowest BCUT2D eigenvalue weighted by atomic mass is 10.1. The molecule has 0 radical (unpaired) electrons. The van der Waals surface area contributed by atoms with Crippen LogP contribution in [-0.4, -0.2) is 36.4 Å². The predicted molar refractivity (Wildman–Crippen MR) is 80.8 cm³/mol. The van der Waals surface area contributed by atoms with Crippen LogP contribution in [0.5, 0.6) is 0 Å². The van der Waals surface area contributed by atoms with Crippen LogP contribution in [0.4, 0.5) is 0 Å². The Morgan fingerprint density at radius 1 is 0.905 bits per heavy atom. The van der Waals surface area contributed by atoms with Crippen LogP contribution in [0.3, 0.4) is 0 Å². The number of unbranched alkanes of at least 4 members (excludes halogenated alkanes) is 5. The molecule has 0 bridgehead atoms. The van der Waals surface area contributed by atoms with Gasteiger partial charge in [0.15, 0.2) is 6.10 Å². The standard InChI is InChI=1S/C16H30O5/c1-3-5-6-7-8-9-11-16(19)21-14(12-17)13-20-15(18)10-4-2/h14,17H,3-13H2,1-2H3. The number of hydrogen-bond donors (Lipinski definition) is 1. The highest BCUT2D eigenvalue weighted by Gasteiger charge is 2.15. The van der Waals surface area contributed by atoms with Crippen molar-refractivity contribution in [2.45, 2.75) is 77.7 Å². The third kappa shape index (κ3) is 12.4. The summed E-state index contributed by atoms with van der Waals surface area (Å²) in [6, 6.07) is 0. The highest BCUT2D eigenvalue weighted by atomic mass is 16.6. The van der Waals surface area contributed by atoms with E-state index in [1.165, 1.54) is 19.3 Å². The Bertz CT molecular complexity index is 278. The minimum Gasteiger partial charge on any atom is -0.462 e. The molecular formula is C16H30O5. The Balaban J connectivity index is 3.71. The van der Waals surface area contributed by atoms with E-state index in [1.807, 2.05) is 6.92 Å². The molecule has 0 aromatic heterocycles. The second-order valence-corrected chi connectivity index (χ2v) is 5.25. The number of aliphatic hydroxyl groups excluding tert-OH is 1. The van der Waals surface area contributed by atoms with Crippen LogP contribution in [0.2, 0.25) is 0 Å². The lowest BCUT2D eigenvalue weighted by molar-refractivity contribution is -0.161. The van der Waals surface area contributed by atoms with Crippen molar-refractivity contribution in [1.82, 2.24) is 0 Å². The molecule has 0 fully saturated rings. The highest BCUT2D eigenvalue weighted by molar-refractivity contribution is 5.70. The highest BCUT2D eigenvalue weighted by Crippen LogP contribution is 2.08. The number of hydrogen-bond acceptors (Lipinski definition) is 5. The molecule has 0 aliphatic heterocycles. The Hall–Kier alpha value is -1.10. The van der Waals surface area contributed by atoms with Crippen molar-refractivity contribution >= 4 is 11.9 Å². The molecule has 0 aliphatic rings. The molecule has 0 heterocycles. The molecule has 0 saturated carbocycles. The molecule has 1 unspecified atom stereocenters. The third-order valence-corrected chi connectivity index (χ3v) is 3.12. The summed E-state index contributed by atoms with van der Waals surface area (Å²) in [4.78, 5) is 22.8. The Labute approximate surface area is 128 Å². The van der Waals surface area contributed by atoms with E-state index in [1.54, 1.807) is 0 Å². The fourth-order valence-electron chi connectivity index (χ4n) is 1.88. The van der Waals surface area contributed by atoms with E-state index >= 15 is 0 Å². The number of carbonyl (C=O) groups excluding carboxylic acids is 2. The molecule has 1 N–H and O–H groups in total. The Morgan fingerprint density at radius 3 is 2.19 bits per heavy atom. The maximum atomic E-state index is 11.6. The van der Waals surface area contributed by atoms with Gasteiger partial charge in [0, 0.05) is 12.8 Å².